The molecule has 1 unspecified atom stereocenters. The molecule has 1 atom stereocenters. The second-order valence-electron chi connectivity index (χ2n) is 6.32. The van der Waals surface area contributed by atoms with E-state index < -0.39 is 6.10 Å². The molecule has 0 amide bonds. The van der Waals surface area contributed by atoms with Gasteiger partial charge in [0, 0.05) is 31.0 Å². The van der Waals surface area contributed by atoms with Crippen LogP contribution in [0.1, 0.15) is 22.8 Å². The molecule has 154 valence electrons. The molecule has 2 aromatic carbocycles. The fourth-order valence-electron chi connectivity index (χ4n) is 2.80. The van der Waals surface area contributed by atoms with Crippen LogP contribution in [0.2, 0.25) is 0 Å². The maximum atomic E-state index is 10.3. The topological polar surface area (TPSA) is 63.6 Å². The number of aliphatic hydroxyl groups excluding tert-OH is 1. The Morgan fingerprint density at radius 3 is 2.59 bits per heavy atom. The summed E-state index contributed by atoms with van der Waals surface area (Å²) in [5.74, 6) is 1.30. The summed E-state index contributed by atoms with van der Waals surface area (Å²) in [7, 11) is 1.62. The molecule has 0 radical (unpaired) electrons. The van der Waals surface area contributed by atoms with Gasteiger partial charge in [0.25, 0.3) is 0 Å². The number of halogens is 2. The summed E-state index contributed by atoms with van der Waals surface area (Å²) in [5.41, 5.74) is 2.91. The van der Waals surface area contributed by atoms with Gasteiger partial charge < -0.3 is 19.9 Å². The number of hydrogen-bond acceptors (Lipinski definition) is 5. The molecule has 5 nitrogen and oxygen atoms in total. The highest BCUT2D eigenvalue weighted by Crippen LogP contribution is 2.37. The summed E-state index contributed by atoms with van der Waals surface area (Å²) in [6, 6.07) is 17.4. The Morgan fingerprint density at radius 1 is 1.10 bits per heavy atom. The second-order valence-corrected chi connectivity index (χ2v) is 7.17. The van der Waals surface area contributed by atoms with Gasteiger partial charge in [-0.2, -0.15) is 0 Å². The summed E-state index contributed by atoms with van der Waals surface area (Å²) in [6.45, 7) is 1.47. The third kappa shape index (κ3) is 6.72. The molecule has 3 aromatic rings. The molecule has 1 aromatic heterocycles. The first kappa shape index (κ1) is 23.2. The van der Waals surface area contributed by atoms with Crippen LogP contribution in [0.3, 0.4) is 0 Å². The van der Waals surface area contributed by atoms with Gasteiger partial charge in [-0.3, -0.25) is 4.98 Å². The first-order valence-corrected chi connectivity index (χ1v) is 9.78. The van der Waals surface area contributed by atoms with Crippen LogP contribution in [0.4, 0.5) is 0 Å². The maximum Gasteiger partial charge on any atom is 0.175 e. The number of nitrogens with one attached hydrogen (secondary N) is 1. The van der Waals surface area contributed by atoms with Crippen molar-refractivity contribution in [2.24, 2.45) is 0 Å². The van der Waals surface area contributed by atoms with Gasteiger partial charge in [0.1, 0.15) is 6.61 Å². The molecule has 0 saturated carbocycles. The molecule has 0 spiro atoms. The van der Waals surface area contributed by atoms with Gasteiger partial charge in [-0.15, -0.1) is 12.4 Å². The molecule has 0 aliphatic carbocycles. The smallest absolute Gasteiger partial charge is 0.175 e. The SMILES string of the molecule is COc1cc(CNCC(O)c2ccccc2)cc(Br)c1OCc1cccnc1.Cl. The quantitative estimate of drug-likeness (QED) is 0.467. The van der Waals surface area contributed by atoms with Crippen molar-refractivity contribution in [2.75, 3.05) is 13.7 Å². The van der Waals surface area contributed by atoms with Gasteiger partial charge in [0.05, 0.1) is 17.7 Å². The molecule has 0 bridgehead atoms. The second kappa shape index (κ2) is 11.8. The van der Waals surface area contributed by atoms with Gasteiger partial charge in [-0.05, 0) is 45.3 Å². The van der Waals surface area contributed by atoms with Gasteiger partial charge in [-0.1, -0.05) is 36.4 Å². The lowest BCUT2D eigenvalue weighted by Gasteiger charge is -2.16. The molecule has 7 heteroatoms. The van der Waals surface area contributed by atoms with Crippen molar-refractivity contribution in [3.63, 3.8) is 0 Å². The Balaban J connectivity index is 0.00000300. The zero-order chi connectivity index (χ0) is 19.8. The number of methoxy groups -OCH3 is 1. The molecular formula is C22H24BrClN2O3. The van der Waals surface area contributed by atoms with Gasteiger partial charge in [0.2, 0.25) is 0 Å². The zero-order valence-electron chi connectivity index (χ0n) is 16.0. The Bertz CT molecular complexity index is 882. The summed E-state index contributed by atoms with van der Waals surface area (Å²) in [5, 5.41) is 13.5. The molecule has 0 aliphatic rings. The van der Waals surface area contributed by atoms with Crippen molar-refractivity contribution in [3.05, 3.63) is 88.2 Å². The highest BCUT2D eigenvalue weighted by molar-refractivity contribution is 9.10. The monoisotopic (exact) mass is 478 g/mol. The fraction of sp³-hybridized carbons (Fsp3) is 0.227. The average Bonchev–Trinajstić information content (AvgIpc) is 2.74. The standard InChI is InChI=1S/C22H23BrN2O3.ClH/c1-27-21-11-17(13-25-14-20(26)18-7-3-2-4-8-18)10-19(23)22(21)28-15-16-6-5-9-24-12-16;/h2-12,20,25-26H,13-15H2,1H3;1H. The fourth-order valence-corrected chi connectivity index (χ4v) is 3.40. The van der Waals surface area contributed by atoms with Crippen molar-refractivity contribution < 1.29 is 14.6 Å². The van der Waals surface area contributed by atoms with E-state index in [4.69, 9.17) is 9.47 Å². The van der Waals surface area contributed by atoms with E-state index >= 15 is 0 Å². The number of aliphatic hydroxyl groups is 1. The van der Waals surface area contributed by atoms with E-state index in [0.29, 0.717) is 31.2 Å². The molecule has 0 aliphatic heterocycles. The molecular weight excluding hydrogens is 456 g/mol. The Morgan fingerprint density at radius 2 is 1.90 bits per heavy atom. The van der Waals surface area contributed by atoms with Crippen molar-refractivity contribution in [1.82, 2.24) is 10.3 Å². The number of rotatable bonds is 9. The van der Waals surface area contributed by atoms with Crippen molar-refractivity contribution in [2.45, 2.75) is 19.3 Å². The lowest BCUT2D eigenvalue weighted by atomic mass is 10.1. The minimum Gasteiger partial charge on any atom is -0.493 e. The predicted octanol–water partition coefficient (Wildman–Crippen LogP) is 4.68. The molecule has 3 rings (SSSR count). The van der Waals surface area contributed by atoms with Crippen LogP contribution in [0, 0.1) is 0 Å². The molecule has 1 heterocycles. The van der Waals surface area contributed by atoms with E-state index in [1.807, 2.05) is 54.6 Å². The number of hydrogen-bond donors (Lipinski definition) is 2. The van der Waals surface area contributed by atoms with Crippen LogP contribution in [-0.4, -0.2) is 23.7 Å². The zero-order valence-corrected chi connectivity index (χ0v) is 18.4. The van der Waals surface area contributed by atoms with Crippen molar-refractivity contribution in [3.8, 4) is 11.5 Å². The number of aromatic nitrogens is 1. The highest BCUT2D eigenvalue weighted by Gasteiger charge is 2.13. The summed E-state index contributed by atoms with van der Waals surface area (Å²) in [6.07, 6.45) is 2.96. The normalized spacial score (nSPS) is 11.4. The molecule has 0 fully saturated rings. The first-order chi connectivity index (χ1) is 13.7. The third-order valence-electron chi connectivity index (χ3n) is 4.25. The van der Waals surface area contributed by atoms with E-state index in [9.17, 15) is 5.11 Å². The number of pyridine rings is 1. The minimum absolute atomic E-state index is 0. The lowest BCUT2D eigenvalue weighted by Crippen LogP contribution is -2.21. The largest absolute Gasteiger partial charge is 0.493 e. The summed E-state index contributed by atoms with van der Waals surface area (Å²) >= 11 is 3.57. The van der Waals surface area contributed by atoms with E-state index in [1.165, 1.54) is 0 Å². The summed E-state index contributed by atoms with van der Waals surface area (Å²) in [4.78, 5) is 4.09. The van der Waals surface area contributed by atoms with Crippen LogP contribution in [0.5, 0.6) is 11.5 Å². The van der Waals surface area contributed by atoms with Gasteiger partial charge >= 0.3 is 0 Å². The van der Waals surface area contributed by atoms with Crippen LogP contribution in [0.15, 0.2) is 71.5 Å². The van der Waals surface area contributed by atoms with Gasteiger partial charge in [-0.25, -0.2) is 0 Å². The highest BCUT2D eigenvalue weighted by atomic mass is 79.9. The van der Waals surface area contributed by atoms with Crippen LogP contribution in [0.25, 0.3) is 0 Å². The first-order valence-electron chi connectivity index (χ1n) is 8.99. The van der Waals surface area contributed by atoms with Gasteiger partial charge in [0.15, 0.2) is 11.5 Å². The Hall–Kier alpha value is -2.12. The van der Waals surface area contributed by atoms with E-state index in [-0.39, 0.29) is 12.4 Å². The number of ether oxygens (including phenoxy) is 2. The van der Waals surface area contributed by atoms with Crippen molar-refractivity contribution >= 4 is 28.3 Å². The van der Waals surface area contributed by atoms with E-state index in [1.54, 1.807) is 19.5 Å². The lowest BCUT2D eigenvalue weighted by molar-refractivity contribution is 0.174. The molecule has 29 heavy (non-hydrogen) atoms. The minimum atomic E-state index is -0.548. The molecule has 2 N–H and O–H groups in total. The third-order valence-corrected chi connectivity index (χ3v) is 4.84. The van der Waals surface area contributed by atoms with E-state index in [0.717, 1.165) is 21.2 Å². The van der Waals surface area contributed by atoms with Crippen LogP contribution in [-0.2, 0) is 13.2 Å². The maximum absolute atomic E-state index is 10.3. The average molecular weight is 480 g/mol. The number of nitrogens with zero attached hydrogens (tertiary/aromatic N) is 1. The Labute approximate surface area is 185 Å². The molecule has 0 saturated heterocycles. The van der Waals surface area contributed by atoms with Crippen molar-refractivity contribution in [1.29, 1.82) is 0 Å². The predicted molar refractivity (Wildman–Crippen MR) is 120 cm³/mol. The summed E-state index contributed by atoms with van der Waals surface area (Å²) < 4.78 is 12.2. The Kier molecular flexibility index (Phi) is 9.41. The van der Waals surface area contributed by atoms with Crippen LogP contribution < -0.4 is 14.8 Å². The van der Waals surface area contributed by atoms with Crippen LogP contribution >= 0.6 is 28.3 Å². The van der Waals surface area contributed by atoms with E-state index in [2.05, 4.69) is 26.2 Å². The number of benzene rings is 2.